The average Bonchev–Trinajstić information content (AvgIpc) is 2.92. The van der Waals surface area contributed by atoms with Crippen LogP contribution in [0.3, 0.4) is 0 Å². The molecule has 0 aromatic heterocycles. The van der Waals surface area contributed by atoms with E-state index in [9.17, 15) is 14.0 Å². The van der Waals surface area contributed by atoms with Gasteiger partial charge in [-0.25, -0.2) is 4.39 Å². The lowest BCUT2D eigenvalue weighted by atomic mass is 9.94. The summed E-state index contributed by atoms with van der Waals surface area (Å²) in [4.78, 5) is 33.0. The lowest BCUT2D eigenvalue weighted by Crippen LogP contribution is -2.48. The van der Waals surface area contributed by atoms with Crippen LogP contribution >= 0.6 is 11.6 Å². The van der Waals surface area contributed by atoms with E-state index >= 15 is 0 Å². The number of hydrogen-bond acceptors (Lipinski definition) is 4. The van der Waals surface area contributed by atoms with Crippen LogP contribution in [0.1, 0.15) is 49.3 Å². The van der Waals surface area contributed by atoms with Gasteiger partial charge in [-0.05, 0) is 54.8 Å². The predicted molar refractivity (Wildman–Crippen MR) is 152 cm³/mol. The quantitative estimate of drug-likeness (QED) is 0.323. The van der Waals surface area contributed by atoms with E-state index in [0.717, 1.165) is 43.4 Å². The highest BCUT2D eigenvalue weighted by atomic mass is 35.5. The van der Waals surface area contributed by atoms with E-state index in [1.165, 1.54) is 23.1 Å². The zero-order chi connectivity index (χ0) is 26.9. The first-order valence-corrected chi connectivity index (χ1v) is 13.2. The number of carbonyl (C=O) groups is 2. The van der Waals surface area contributed by atoms with Gasteiger partial charge in [0.15, 0.2) is 0 Å². The molecule has 0 aliphatic heterocycles. The first kappa shape index (κ1) is 27.3. The highest BCUT2D eigenvalue weighted by molar-refractivity contribution is 6.31. The average molecular weight is 535 g/mol. The van der Waals surface area contributed by atoms with Crippen molar-refractivity contribution in [2.75, 3.05) is 23.8 Å². The zero-order valence-electron chi connectivity index (χ0n) is 21.4. The predicted octanol–water partition coefficient (Wildman–Crippen LogP) is 6.16. The smallest absolute Gasteiger partial charge is 0.248 e. The van der Waals surface area contributed by atoms with Crippen molar-refractivity contribution >= 4 is 41.0 Å². The van der Waals surface area contributed by atoms with Crippen LogP contribution < -0.4 is 15.5 Å². The van der Waals surface area contributed by atoms with Gasteiger partial charge >= 0.3 is 0 Å². The summed E-state index contributed by atoms with van der Waals surface area (Å²) >= 11 is 6.57. The second kappa shape index (κ2) is 13.2. The van der Waals surface area contributed by atoms with Crippen LogP contribution in [0.5, 0.6) is 0 Å². The molecule has 1 aliphatic carbocycles. The summed E-state index contributed by atoms with van der Waals surface area (Å²) in [5, 5.41) is 6.62. The van der Waals surface area contributed by atoms with E-state index in [1.54, 1.807) is 43.6 Å². The number of nitrogens with zero attached hydrogens (tertiary/aromatic N) is 2. The molecule has 1 atom stereocenters. The van der Waals surface area contributed by atoms with Crippen LogP contribution in [0.2, 0.25) is 5.02 Å². The molecule has 3 aromatic rings. The van der Waals surface area contributed by atoms with Gasteiger partial charge in [0, 0.05) is 41.3 Å². The number of amides is 2. The molecule has 0 radical (unpaired) electrons. The Morgan fingerprint density at radius 2 is 1.79 bits per heavy atom. The van der Waals surface area contributed by atoms with Crippen LogP contribution in [0, 0.1) is 5.82 Å². The van der Waals surface area contributed by atoms with E-state index in [0.29, 0.717) is 10.6 Å². The van der Waals surface area contributed by atoms with Crippen molar-refractivity contribution in [1.29, 1.82) is 0 Å². The van der Waals surface area contributed by atoms with Gasteiger partial charge in [0.25, 0.3) is 0 Å². The Kier molecular flexibility index (Phi) is 9.49. The number of benzene rings is 3. The van der Waals surface area contributed by atoms with Gasteiger partial charge in [-0.2, -0.15) is 0 Å². The maximum atomic E-state index is 14.4. The minimum Gasteiger partial charge on any atom is -0.376 e. The molecule has 6 nitrogen and oxygen atoms in total. The molecular weight excluding hydrogens is 503 g/mol. The molecule has 1 aliphatic rings. The molecule has 4 rings (SSSR count). The van der Waals surface area contributed by atoms with Crippen molar-refractivity contribution in [1.82, 2.24) is 5.32 Å². The largest absolute Gasteiger partial charge is 0.376 e. The van der Waals surface area contributed by atoms with Gasteiger partial charge in [0.1, 0.15) is 11.9 Å². The summed E-state index contributed by atoms with van der Waals surface area (Å²) in [5.41, 5.74) is 2.41. The molecule has 3 aromatic carbocycles. The summed E-state index contributed by atoms with van der Waals surface area (Å²) in [5.74, 6) is -1.25. The Balaban J connectivity index is 1.68. The topological polar surface area (TPSA) is 73.8 Å². The number of carbonyl (C=O) groups excluding carboxylic acids is 2. The van der Waals surface area contributed by atoms with E-state index < -0.39 is 17.8 Å². The summed E-state index contributed by atoms with van der Waals surface area (Å²) in [7, 11) is 1.70. The number of nitrogens with one attached hydrogen (secondary N) is 2. The summed E-state index contributed by atoms with van der Waals surface area (Å²) in [6.07, 6.45) is 6.73. The van der Waals surface area contributed by atoms with Crippen LogP contribution in [0.4, 0.5) is 15.8 Å². The van der Waals surface area contributed by atoms with Crippen molar-refractivity contribution in [3.8, 4) is 0 Å². The lowest BCUT2D eigenvalue weighted by Gasteiger charge is -2.34. The highest BCUT2D eigenvalue weighted by Gasteiger charge is 2.35. The molecular formula is C30H32ClFN4O2. The fraction of sp³-hybridized carbons (Fsp3) is 0.300. The molecule has 0 heterocycles. The van der Waals surface area contributed by atoms with Crippen LogP contribution in [-0.4, -0.2) is 37.7 Å². The molecule has 0 saturated heterocycles. The minimum atomic E-state index is -1.08. The second-order valence-corrected chi connectivity index (χ2v) is 9.78. The molecule has 1 saturated carbocycles. The Morgan fingerprint density at radius 1 is 1.05 bits per heavy atom. The van der Waals surface area contributed by atoms with Gasteiger partial charge in [-0.1, -0.05) is 67.3 Å². The molecule has 1 fully saturated rings. The summed E-state index contributed by atoms with van der Waals surface area (Å²) in [6, 6.07) is 19.1. The summed E-state index contributed by atoms with van der Waals surface area (Å²) in [6.45, 7) is -0.116. The Hall–Kier alpha value is -3.71. The van der Waals surface area contributed by atoms with Gasteiger partial charge < -0.3 is 10.6 Å². The molecule has 0 spiro atoms. The first-order chi connectivity index (χ1) is 18.5. The van der Waals surface area contributed by atoms with E-state index in [-0.39, 0.29) is 24.2 Å². The normalized spacial score (nSPS) is 14.7. The molecule has 2 N–H and O–H groups in total. The zero-order valence-corrected chi connectivity index (χ0v) is 22.1. The van der Waals surface area contributed by atoms with Crippen molar-refractivity contribution in [2.45, 2.75) is 44.2 Å². The third-order valence-electron chi connectivity index (χ3n) is 6.65. The number of rotatable bonds is 9. The van der Waals surface area contributed by atoms with Crippen molar-refractivity contribution in [3.63, 3.8) is 0 Å². The van der Waals surface area contributed by atoms with Crippen molar-refractivity contribution < 1.29 is 14.0 Å². The summed E-state index contributed by atoms with van der Waals surface area (Å²) < 4.78 is 14.4. The first-order valence-electron chi connectivity index (χ1n) is 12.8. The third kappa shape index (κ3) is 6.98. The van der Waals surface area contributed by atoms with E-state index in [4.69, 9.17) is 11.6 Å². The van der Waals surface area contributed by atoms with Gasteiger partial charge in [0.05, 0.1) is 6.54 Å². The Labute approximate surface area is 227 Å². The van der Waals surface area contributed by atoms with Gasteiger partial charge in [0.2, 0.25) is 11.8 Å². The minimum absolute atomic E-state index is 0.0222. The number of anilines is 2. The van der Waals surface area contributed by atoms with E-state index in [2.05, 4.69) is 15.6 Å². The highest BCUT2D eigenvalue weighted by Crippen LogP contribution is 2.33. The van der Waals surface area contributed by atoms with Crippen molar-refractivity contribution in [2.24, 2.45) is 4.99 Å². The van der Waals surface area contributed by atoms with Gasteiger partial charge in [-0.15, -0.1) is 0 Å². The molecule has 8 heteroatoms. The Bertz CT molecular complexity index is 1280. The Morgan fingerprint density at radius 3 is 2.47 bits per heavy atom. The molecule has 1 unspecified atom stereocenters. The van der Waals surface area contributed by atoms with Crippen LogP contribution in [0.25, 0.3) is 0 Å². The fourth-order valence-electron chi connectivity index (χ4n) is 4.78. The SMILES string of the molecule is CN=Cc1ccc(NCC(=O)N(c2cccc(F)c2)C(C(=O)NC2CCCCC2)c2ccccc2Cl)cc1. The number of aliphatic imine (C=N–C) groups is 1. The van der Waals surface area contributed by atoms with E-state index in [1.807, 2.05) is 24.3 Å². The number of hydrogen-bond donors (Lipinski definition) is 2. The van der Waals surface area contributed by atoms with Crippen LogP contribution in [-0.2, 0) is 9.59 Å². The van der Waals surface area contributed by atoms with Crippen LogP contribution in [0.15, 0.2) is 77.8 Å². The molecule has 0 bridgehead atoms. The van der Waals surface area contributed by atoms with Gasteiger partial charge in [-0.3, -0.25) is 19.5 Å². The monoisotopic (exact) mass is 534 g/mol. The molecule has 2 amide bonds. The fourth-order valence-corrected chi connectivity index (χ4v) is 5.02. The third-order valence-corrected chi connectivity index (χ3v) is 6.99. The number of halogens is 2. The molecule has 198 valence electrons. The van der Waals surface area contributed by atoms with Crippen molar-refractivity contribution in [3.05, 3.63) is 94.8 Å². The maximum Gasteiger partial charge on any atom is 0.248 e. The maximum absolute atomic E-state index is 14.4. The standard InChI is InChI=1S/C30H32ClFN4O2/c1-33-19-21-14-16-23(17-15-21)34-20-28(37)36(25-11-7-8-22(32)18-25)29(26-12-5-6-13-27(26)31)30(38)35-24-9-3-2-4-10-24/h5-8,11-19,24,29,34H,2-4,9-10,20H2,1H3,(H,35,38). The lowest BCUT2D eigenvalue weighted by molar-refractivity contribution is -0.126. The molecule has 38 heavy (non-hydrogen) atoms. The second-order valence-electron chi connectivity index (χ2n) is 9.37.